The molecule has 5 heteroatoms. The van der Waals surface area contributed by atoms with Gasteiger partial charge in [0.05, 0.1) is 5.56 Å². The second-order valence-corrected chi connectivity index (χ2v) is 5.60. The predicted molar refractivity (Wildman–Crippen MR) is 89.1 cm³/mol. The van der Waals surface area contributed by atoms with Crippen LogP contribution in [0.3, 0.4) is 0 Å². The number of hydrogen-bond donors (Lipinski definition) is 0. The van der Waals surface area contributed by atoms with Crippen LogP contribution in [-0.4, -0.2) is 36.5 Å². The molecule has 124 valence electrons. The lowest BCUT2D eigenvalue weighted by molar-refractivity contribution is -0.133. The molecule has 1 aliphatic rings. The summed E-state index contributed by atoms with van der Waals surface area (Å²) in [5, 5.41) is 0. The molecule has 1 fully saturated rings. The Balaban J connectivity index is 1.52. The van der Waals surface area contributed by atoms with Crippen molar-refractivity contribution in [3.63, 3.8) is 0 Å². The van der Waals surface area contributed by atoms with Gasteiger partial charge < -0.3 is 14.4 Å². The number of carbonyl (C=O) groups is 2. The second-order valence-electron chi connectivity index (χ2n) is 5.60. The summed E-state index contributed by atoms with van der Waals surface area (Å²) in [7, 11) is 0. The summed E-state index contributed by atoms with van der Waals surface area (Å²) in [6, 6.07) is 16.0. The van der Waals surface area contributed by atoms with Crippen molar-refractivity contribution in [1.29, 1.82) is 0 Å². The molecule has 1 saturated heterocycles. The number of carbonyl (C=O) groups excluding carboxylic acids is 2. The maximum atomic E-state index is 12.0. The third kappa shape index (κ3) is 4.13. The topological polar surface area (TPSA) is 55.8 Å². The zero-order valence-corrected chi connectivity index (χ0v) is 13.3. The number of para-hydroxylation sites is 1. The number of amides is 1. The smallest absolute Gasteiger partial charge is 0.338 e. The van der Waals surface area contributed by atoms with Crippen LogP contribution in [-0.2, 0) is 9.53 Å². The van der Waals surface area contributed by atoms with E-state index in [0.29, 0.717) is 11.3 Å². The molecule has 0 aliphatic carbocycles. The molecule has 1 amide bonds. The normalized spacial score (nSPS) is 13.6. The van der Waals surface area contributed by atoms with Gasteiger partial charge in [-0.25, -0.2) is 4.79 Å². The molecule has 24 heavy (non-hydrogen) atoms. The van der Waals surface area contributed by atoms with E-state index in [1.165, 1.54) is 0 Å². The predicted octanol–water partition coefficient (Wildman–Crippen LogP) is 3.26. The number of esters is 1. The first-order valence-electron chi connectivity index (χ1n) is 8.00. The van der Waals surface area contributed by atoms with E-state index in [1.54, 1.807) is 29.2 Å². The fourth-order valence-corrected chi connectivity index (χ4v) is 2.55. The van der Waals surface area contributed by atoms with Crippen LogP contribution in [0.5, 0.6) is 11.5 Å². The van der Waals surface area contributed by atoms with Crippen LogP contribution in [0.25, 0.3) is 0 Å². The first kappa shape index (κ1) is 16.1. The minimum Gasteiger partial charge on any atom is -0.457 e. The highest BCUT2D eigenvalue weighted by molar-refractivity contribution is 5.91. The van der Waals surface area contributed by atoms with Gasteiger partial charge in [-0.3, -0.25) is 4.79 Å². The molecule has 5 nitrogen and oxygen atoms in total. The van der Waals surface area contributed by atoms with Crippen LogP contribution in [0.4, 0.5) is 0 Å². The monoisotopic (exact) mass is 325 g/mol. The average molecular weight is 325 g/mol. The van der Waals surface area contributed by atoms with E-state index in [4.69, 9.17) is 9.47 Å². The van der Waals surface area contributed by atoms with Crippen molar-refractivity contribution in [2.24, 2.45) is 0 Å². The Bertz CT molecular complexity index is 691. The fraction of sp³-hybridized carbons (Fsp3) is 0.263. The molecule has 0 unspecified atom stereocenters. The van der Waals surface area contributed by atoms with Crippen molar-refractivity contribution in [2.45, 2.75) is 12.8 Å². The van der Waals surface area contributed by atoms with Crippen LogP contribution in [0.2, 0.25) is 0 Å². The Morgan fingerprint density at radius 3 is 2.17 bits per heavy atom. The van der Waals surface area contributed by atoms with Crippen LogP contribution in [0.15, 0.2) is 54.6 Å². The third-order valence-corrected chi connectivity index (χ3v) is 3.85. The summed E-state index contributed by atoms with van der Waals surface area (Å²) in [5.41, 5.74) is 0.393. The Labute approximate surface area is 140 Å². The first-order valence-corrected chi connectivity index (χ1v) is 8.00. The van der Waals surface area contributed by atoms with Crippen LogP contribution in [0, 0.1) is 0 Å². The van der Waals surface area contributed by atoms with E-state index in [1.807, 2.05) is 30.3 Å². The number of ether oxygens (including phenoxy) is 2. The summed E-state index contributed by atoms with van der Waals surface area (Å²) in [6.07, 6.45) is 2.03. The number of likely N-dealkylation sites (tertiary alicyclic amines) is 1. The van der Waals surface area contributed by atoms with Gasteiger partial charge in [0, 0.05) is 13.1 Å². The summed E-state index contributed by atoms with van der Waals surface area (Å²) in [4.78, 5) is 25.6. The van der Waals surface area contributed by atoms with Crippen molar-refractivity contribution in [3.8, 4) is 11.5 Å². The maximum Gasteiger partial charge on any atom is 0.338 e. The van der Waals surface area contributed by atoms with E-state index < -0.39 is 5.97 Å². The van der Waals surface area contributed by atoms with Gasteiger partial charge in [-0.2, -0.15) is 0 Å². The van der Waals surface area contributed by atoms with Gasteiger partial charge in [0.2, 0.25) is 0 Å². The average Bonchev–Trinajstić information content (AvgIpc) is 3.16. The van der Waals surface area contributed by atoms with Crippen LogP contribution >= 0.6 is 0 Å². The molecule has 0 aromatic heterocycles. The van der Waals surface area contributed by atoms with Gasteiger partial charge in [0.1, 0.15) is 11.5 Å². The van der Waals surface area contributed by atoms with Gasteiger partial charge >= 0.3 is 5.97 Å². The molecule has 0 saturated carbocycles. The molecule has 3 rings (SSSR count). The van der Waals surface area contributed by atoms with Crippen molar-refractivity contribution in [1.82, 2.24) is 4.90 Å². The minimum absolute atomic E-state index is 0.134. The van der Waals surface area contributed by atoms with Crippen LogP contribution in [0.1, 0.15) is 23.2 Å². The van der Waals surface area contributed by atoms with Gasteiger partial charge in [-0.1, -0.05) is 18.2 Å². The van der Waals surface area contributed by atoms with Crippen molar-refractivity contribution in [2.75, 3.05) is 19.7 Å². The van der Waals surface area contributed by atoms with Crippen LogP contribution < -0.4 is 4.74 Å². The standard InChI is InChI=1S/C19H19NO4/c21-18(20-12-4-5-13-20)14-23-19(22)15-8-10-17(11-9-15)24-16-6-2-1-3-7-16/h1-3,6-11H,4-5,12-14H2. The largest absolute Gasteiger partial charge is 0.457 e. The molecule has 0 radical (unpaired) electrons. The second kappa shape index (κ2) is 7.64. The Morgan fingerprint density at radius 2 is 1.50 bits per heavy atom. The lowest BCUT2D eigenvalue weighted by atomic mass is 10.2. The maximum absolute atomic E-state index is 12.0. The molecule has 0 atom stereocenters. The molecule has 2 aromatic rings. The molecular weight excluding hydrogens is 306 g/mol. The zero-order chi connectivity index (χ0) is 16.8. The van der Waals surface area contributed by atoms with Crippen molar-refractivity contribution >= 4 is 11.9 Å². The lowest BCUT2D eigenvalue weighted by Gasteiger charge is -2.14. The quantitative estimate of drug-likeness (QED) is 0.792. The van der Waals surface area contributed by atoms with Crippen molar-refractivity contribution < 1.29 is 19.1 Å². The number of nitrogens with zero attached hydrogens (tertiary/aromatic N) is 1. The highest BCUT2D eigenvalue weighted by Crippen LogP contribution is 2.21. The van der Waals surface area contributed by atoms with E-state index in [9.17, 15) is 9.59 Å². The summed E-state index contributed by atoms with van der Waals surface area (Å²) in [5.74, 6) is 0.716. The molecule has 0 spiro atoms. The molecule has 1 heterocycles. The number of rotatable bonds is 5. The summed E-state index contributed by atoms with van der Waals surface area (Å²) < 4.78 is 10.8. The van der Waals surface area contributed by atoms with E-state index in [2.05, 4.69) is 0 Å². The Hall–Kier alpha value is -2.82. The van der Waals surface area contributed by atoms with Crippen molar-refractivity contribution in [3.05, 3.63) is 60.2 Å². The fourth-order valence-electron chi connectivity index (χ4n) is 2.55. The highest BCUT2D eigenvalue weighted by Gasteiger charge is 2.19. The van der Waals surface area contributed by atoms with Gasteiger partial charge in [0.15, 0.2) is 6.61 Å². The Kier molecular flexibility index (Phi) is 5.11. The third-order valence-electron chi connectivity index (χ3n) is 3.85. The van der Waals surface area contributed by atoms with E-state index >= 15 is 0 Å². The molecule has 0 bridgehead atoms. The SMILES string of the molecule is O=C(OCC(=O)N1CCCC1)c1ccc(Oc2ccccc2)cc1. The number of hydrogen-bond acceptors (Lipinski definition) is 4. The molecule has 2 aromatic carbocycles. The van der Waals surface area contributed by atoms with Gasteiger partial charge in [-0.15, -0.1) is 0 Å². The van der Waals surface area contributed by atoms with Gasteiger partial charge in [-0.05, 0) is 49.2 Å². The van der Waals surface area contributed by atoms with Gasteiger partial charge in [0.25, 0.3) is 5.91 Å². The molecule has 1 aliphatic heterocycles. The lowest BCUT2D eigenvalue weighted by Crippen LogP contribution is -2.32. The highest BCUT2D eigenvalue weighted by atomic mass is 16.5. The summed E-state index contributed by atoms with van der Waals surface area (Å²) in [6.45, 7) is 1.30. The minimum atomic E-state index is -0.506. The molecular formula is C19H19NO4. The number of benzene rings is 2. The zero-order valence-electron chi connectivity index (χ0n) is 13.3. The first-order chi connectivity index (χ1) is 11.7. The van der Waals surface area contributed by atoms with E-state index in [0.717, 1.165) is 31.7 Å². The van der Waals surface area contributed by atoms with E-state index in [-0.39, 0.29) is 12.5 Å². The molecule has 0 N–H and O–H groups in total. The Morgan fingerprint density at radius 1 is 0.875 bits per heavy atom. The summed E-state index contributed by atoms with van der Waals surface area (Å²) >= 11 is 0.